The summed E-state index contributed by atoms with van der Waals surface area (Å²) >= 11 is 7.27. The number of carbonyl (C=O) groups is 1. The molecule has 1 amide bonds. The standard InChI is InChI=1S/C14H14ClNOS/c15-7-5-11-1-3-13(4-2-11)16-14(17)9-12-6-8-18-10-12/h1-4,6,8,10H,5,7,9H2,(H,16,17). The SMILES string of the molecule is O=C(Cc1ccsc1)Nc1ccc(CCCl)cc1. The van der Waals surface area contributed by atoms with E-state index in [1.54, 1.807) is 11.3 Å². The van der Waals surface area contributed by atoms with Gasteiger partial charge in [0.05, 0.1) is 6.42 Å². The van der Waals surface area contributed by atoms with Crippen LogP contribution in [0.1, 0.15) is 11.1 Å². The number of rotatable bonds is 5. The fourth-order valence-corrected chi connectivity index (χ4v) is 2.53. The molecule has 0 radical (unpaired) electrons. The van der Waals surface area contributed by atoms with Gasteiger partial charge in [0.2, 0.25) is 5.91 Å². The maximum Gasteiger partial charge on any atom is 0.228 e. The number of thiophene rings is 1. The molecule has 1 aromatic carbocycles. The monoisotopic (exact) mass is 279 g/mol. The predicted octanol–water partition coefficient (Wildman–Crippen LogP) is 3.71. The Hall–Kier alpha value is -1.32. The Labute approximate surface area is 116 Å². The van der Waals surface area contributed by atoms with Crippen LogP contribution in [-0.2, 0) is 17.6 Å². The first-order valence-electron chi connectivity index (χ1n) is 5.74. The first-order valence-corrected chi connectivity index (χ1v) is 7.21. The summed E-state index contributed by atoms with van der Waals surface area (Å²) in [4.78, 5) is 11.8. The minimum absolute atomic E-state index is 0.0125. The minimum atomic E-state index is 0.0125. The number of hydrogen-bond acceptors (Lipinski definition) is 2. The van der Waals surface area contributed by atoms with Crippen LogP contribution in [0.25, 0.3) is 0 Å². The molecular formula is C14H14ClNOS. The molecule has 0 saturated heterocycles. The average Bonchev–Trinajstić information content (AvgIpc) is 2.84. The van der Waals surface area contributed by atoms with E-state index >= 15 is 0 Å². The number of halogens is 1. The molecule has 0 atom stereocenters. The Bertz CT molecular complexity index is 493. The molecule has 0 unspecified atom stereocenters. The van der Waals surface area contributed by atoms with Crippen LogP contribution >= 0.6 is 22.9 Å². The average molecular weight is 280 g/mol. The molecule has 0 fully saturated rings. The van der Waals surface area contributed by atoms with Crippen molar-refractivity contribution in [1.82, 2.24) is 0 Å². The highest BCUT2D eigenvalue weighted by Gasteiger charge is 2.04. The van der Waals surface area contributed by atoms with Gasteiger partial charge >= 0.3 is 0 Å². The summed E-state index contributed by atoms with van der Waals surface area (Å²) in [5.41, 5.74) is 3.06. The van der Waals surface area contributed by atoms with Gasteiger partial charge in [-0.15, -0.1) is 11.6 Å². The molecule has 0 spiro atoms. The van der Waals surface area contributed by atoms with Crippen molar-refractivity contribution in [1.29, 1.82) is 0 Å². The second-order valence-corrected chi connectivity index (χ2v) is 5.15. The topological polar surface area (TPSA) is 29.1 Å². The number of anilines is 1. The summed E-state index contributed by atoms with van der Waals surface area (Å²) in [6.07, 6.45) is 1.28. The zero-order valence-electron chi connectivity index (χ0n) is 9.86. The third-order valence-electron chi connectivity index (χ3n) is 2.57. The summed E-state index contributed by atoms with van der Waals surface area (Å²) < 4.78 is 0. The van der Waals surface area contributed by atoms with Crippen LogP contribution < -0.4 is 5.32 Å². The van der Waals surface area contributed by atoms with Gasteiger partial charge in [0, 0.05) is 11.6 Å². The van der Waals surface area contributed by atoms with E-state index in [9.17, 15) is 4.79 Å². The van der Waals surface area contributed by atoms with E-state index < -0.39 is 0 Å². The second-order valence-electron chi connectivity index (χ2n) is 3.99. The van der Waals surface area contributed by atoms with Gasteiger partial charge in [0.25, 0.3) is 0 Å². The van der Waals surface area contributed by atoms with Gasteiger partial charge in [-0.3, -0.25) is 4.79 Å². The number of nitrogens with one attached hydrogen (secondary N) is 1. The molecular weight excluding hydrogens is 266 g/mol. The lowest BCUT2D eigenvalue weighted by Gasteiger charge is -2.05. The second kappa shape index (κ2) is 6.57. The fourth-order valence-electron chi connectivity index (χ4n) is 1.65. The first-order chi connectivity index (χ1) is 8.78. The molecule has 94 valence electrons. The summed E-state index contributed by atoms with van der Waals surface area (Å²) in [5.74, 6) is 0.627. The van der Waals surface area contributed by atoms with Crippen LogP contribution in [0.5, 0.6) is 0 Å². The van der Waals surface area contributed by atoms with Crippen molar-refractivity contribution in [3.8, 4) is 0 Å². The van der Waals surface area contributed by atoms with Crippen molar-refractivity contribution >= 4 is 34.5 Å². The molecule has 0 saturated carbocycles. The van der Waals surface area contributed by atoms with E-state index in [4.69, 9.17) is 11.6 Å². The molecule has 1 N–H and O–H groups in total. The van der Waals surface area contributed by atoms with E-state index in [1.165, 1.54) is 5.56 Å². The van der Waals surface area contributed by atoms with E-state index in [0.717, 1.165) is 17.7 Å². The largest absolute Gasteiger partial charge is 0.326 e. The number of hydrogen-bond donors (Lipinski definition) is 1. The van der Waals surface area contributed by atoms with Crippen LogP contribution in [0.4, 0.5) is 5.69 Å². The molecule has 1 aromatic heterocycles. The number of alkyl halides is 1. The van der Waals surface area contributed by atoms with E-state index in [-0.39, 0.29) is 5.91 Å². The highest BCUT2D eigenvalue weighted by atomic mass is 35.5. The lowest BCUT2D eigenvalue weighted by atomic mass is 10.1. The van der Waals surface area contributed by atoms with Gasteiger partial charge < -0.3 is 5.32 Å². The molecule has 0 aliphatic heterocycles. The molecule has 0 aliphatic rings. The summed E-state index contributed by atoms with van der Waals surface area (Å²) in [6, 6.07) is 9.76. The van der Waals surface area contributed by atoms with Gasteiger partial charge in [-0.2, -0.15) is 11.3 Å². The highest BCUT2D eigenvalue weighted by molar-refractivity contribution is 7.08. The minimum Gasteiger partial charge on any atom is -0.326 e. The Morgan fingerprint density at radius 3 is 2.56 bits per heavy atom. The maximum atomic E-state index is 11.8. The van der Waals surface area contributed by atoms with E-state index in [1.807, 2.05) is 41.1 Å². The zero-order valence-corrected chi connectivity index (χ0v) is 11.4. The quantitative estimate of drug-likeness (QED) is 0.831. The van der Waals surface area contributed by atoms with Crippen molar-refractivity contribution in [3.05, 3.63) is 52.2 Å². The van der Waals surface area contributed by atoms with Crippen molar-refractivity contribution in [2.24, 2.45) is 0 Å². The van der Waals surface area contributed by atoms with Gasteiger partial charge in [-0.05, 0) is 46.5 Å². The predicted molar refractivity (Wildman–Crippen MR) is 77.5 cm³/mol. The maximum absolute atomic E-state index is 11.8. The van der Waals surface area contributed by atoms with Crippen LogP contribution in [-0.4, -0.2) is 11.8 Å². The fraction of sp³-hybridized carbons (Fsp3) is 0.214. The molecule has 0 aliphatic carbocycles. The Morgan fingerprint density at radius 2 is 1.94 bits per heavy atom. The van der Waals surface area contributed by atoms with Crippen molar-refractivity contribution in [2.75, 3.05) is 11.2 Å². The van der Waals surface area contributed by atoms with Crippen LogP contribution in [0.15, 0.2) is 41.1 Å². The van der Waals surface area contributed by atoms with E-state index in [0.29, 0.717) is 12.3 Å². The molecule has 2 rings (SSSR count). The van der Waals surface area contributed by atoms with E-state index in [2.05, 4.69) is 5.32 Å². The van der Waals surface area contributed by atoms with Gasteiger partial charge in [0.15, 0.2) is 0 Å². The molecule has 2 aromatic rings. The molecule has 18 heavy (non-hydrogen) atoms. The summed E-state index contributed by atoms with van der Waals surface area (Å²) in [7, 11) is 0. The normalized spacial score (nSPS) is 10.3. The Balaban J connectivity index is 1.90. The number of aryl methyl sites for hydroxylation is 1. The first kappa shape index (κ1) is 13.1. The van der Waals surface area contributed by atoms with Crippen LogP contribution in [0.3, 0.4) is 0 Å². The Morgan fingerprint density at radius 1 is 1.17 bits per heavy atom. The smallest absolute Gasteiger partial charge is 0.228 e. The summed E-state index contributed by atoms with van der Waals surface area (Å²) in [5, 5.41) is 6.85. The number of benzene rings is 1. The third kappa shape index (κ3) is 3.86. The summed E-state index contributed by atoms with van der Waals surface area (Å²) in [6.45, 7) is 0. The van der Waals surface area contributed by atoms with Crippen molar-refractivity contribution in [3.63, 3.8) is 0 Å². The third-order valence-corrected chi connectivity index (χ3v) is 3.49. The lowest BCUT2D eigenvalue weighted by molar-refractivity contribution is -0.115. The van der Waals surface area contributed by atoms with Crippen LogP contribution in [0, 0.1) is 0 Å². The van der Waals surface area contributed by atoms with Gasteiger partial charge in [-0.25, -0.2) is 0 Å². The van der Waals surface area contributed by atoms with Gasteiger partial charge in [0.1, 0.15) is 0 Å². The molecule has 1 heterocycles. The molecule has 0 bridgehead atoms. The zero-order chi connectivity index (χ0) is 12.8. The van der Waals surface area contributed by atoms with Crippen molar-refractivity contribution in [2.45, 2.75) is 12.8 Å². The molecule has 4 heteroatoms. The highest BCUT2D eigenvalue weighted by Crippen LogP contribution is 2.12. The Kier molecular flexibility index (Phi) is 4.79. The van der Waals surface area contributed by atoms with Crippen molar-refractivity contribution < 1.29 is 4.79 Å². The van der Waals surface area contributed by atoms with Crippen LogP contribution in [0.2, 0.25) is 0 Å². The molecule has 2 nitrogen and oxygen atoms in total. The number of amides is 1. The number of carbonyl (C=O) groups excluding carboxylic acids is 1. The lowest BCUT2D eigenvalue weighted by Crippen LogP contribution is -2.13. The van der Waals surface area contributed by atoms with Gasteiger partial charge in [-0.1, -0.05) is 12.1 Å².